The van der Waals surface area contributed by atoms with Crippen LogP contribution in [0.3, 0.4) is 0 Å². The number of carbonyl (C=O) groups is 2. The second-order valence-electron chi connectivity index (χ2n) is 9.93. The van der Waals surface area contributed by atoms with Crippen LogP contribution >= 0.6 is 22.6 Å². The Hall–Kier alpha value is -2.54. The Kier molecular flexibility index (Phi) is 7.89. The molecule has 3 N–H and O–H groups in total. The van der Waals surface area contributed by atoms with E-state index >= 15 is 0 Å². The number of anilines is 2. The molecule has 7 nitrogen and oxygen atoms in total. The molecule has 11 heteroatoms. The Labute approximate surface area is 215 Å². The van der Waals surface area contributed by atoms with Crippen LogP contribution in [0.2, 0.25) is 0 Å². The van der Waals surface area contributed by atoms with Crippen molar-refractivity contribution in [1.82, 2.24) is 9.80 Å². The number of nitrogens with zero attached hydrogens (tertiary/aromatic N) is 2. The number of carboxylic acid groups (broad SMARTS) is 1. The SMILES string of the molecule is CC(C)(C)CCN(CC1(O)CN(C(=O)c2ccc(F)c(F)c2Nc2ccc(I)cc2F)C1)C(=O)O. The van der Waals surface area contributed by atoms with Gasteiger partial charge >= 0.3 is 6.09 Å². The Morgan fingerprint density at radius 2 is 1.80 bits per heavy atom. The van der Waals surface area contributed by atoms with Crippen molar-refractivity contribution in [3.05, 3.63) is 56.9 Å². The number of nitrogens with one attached hydrogen (secondary N) is 1. The normalized spacial score (nSPS) is 14.9. The Bertz CT molecular complexity index is 1130. The molecule has 1 aliphatic rings. The smallest absolute Gasteiger partial charge is 0.407 e. The molecular weight excluding hydrogens is 578 g/mol. The molecule has 3 rings (SSSR count). The summed E-state index contributed by atoms with van der Waals surface area (Å²) in [6, 6.07) is 5.98. The lowest BCUT2D eigenvalue weighted by molar-refractivity contribution is -0.0946. The van der Waals surface area contributed by atoms with Gasteiger partial charge in [-0.15, -0.1) is 0 Å². The van der Waals surface area contributed by atoms with Gasteiger partial charge in [0.05, 0.1) is 36.6 Å². The first-order chi connectivity index (χ1) is 16.2. The van der Waals surface area contributed by atoms with Gasteiger partial charge in [0.25, 0.3) is 5.91 Å². The van der Waals surface area contributed by atoms with Crippen LogP contribution in [0.5, 0.6) is 0 Å². The van der Waals surface area contributed by atoms with E-state index in [-0.39, 0.29) is 42.8 Å². The maximum Gasteiger partial charge on any atom is 0.407 e. The van der Waals surface area contributed by atoms with Crippen molar-refractivity contribution in [3.63, 3.8) is 0 Å². The largest absolute Gasteiger partial charge is 0.465 e. The minimum absolute atomic E-state index is 0.107. The molecule has 1 aliphatic heterocycles. The standard InChI is InChI=1S/C24H27F3IN3O4/c1-23(2,3)8-9-30(22(33)34)11-24(35)12-31(13-24)21(32)15-5-6-16(25)19(27)20(15)29-18-7-4-14(28)10-17(18)26/h4-7,10,29,35H,8-9,11-13H2,1-3H3,(H,33,34). The third-order valence-corrected chi connectivity index (χ3v) is 6.33. The maximum atomic E-state index is 14.6. The summed E-state index contributed by atoms with van der Waals surface area (Å²) in [4.78, 5) is 27.0. The van der Waals surface area contributed by atoms with Crippen LogP contribution in [0.4, 0.5) is 29.3 Å². The lowest BCUT2D eigenvalue weighted by Crippen LogP contribution is -2.68. The fourth-order valence-corrected chi connectivity index (χ4v) is 4.18. The molecule has 2 amide bonds. The predicted molar refractivity (Wildman–Crippen MR) is 133 cm³/mol. The molecule has 1 saturated heterocycles. The molecule has 190 valence electrons. The first-order valence-corrected chi connectivity index (χ1v) is 12.0. The minimum Gasteiger partial charge on any atom is -0.465 e. The Morgan fingerprint density at radius 3 is 2.37 bits per heavy atom. The Balaban J connectivity index is 1.76. The highest BCUT2D eigenvalue weighted by molar-refractivity contribution is 14.1. The van der Waals surface area contributed by atoms with Gasteiger partial charge in [0, 0.05) is 10.1 Å². The van der Waals surface area contributed by atoms with E-state index in [2.05, 4.69) is 5.32 Å². The third kappa shape index (κ3) is 6.57. The van der Waals surface area contributed by atoms with Crippen molar-refractivity contribution in [3.8, 4) is 0 Å². The average molecular weight is 605 g/mol. The number of likely N-dealkylation sites (tertiary alicyclic amines) is 1. The molecule has 35 heavy (non-hydrogen) atoms. The molecule has 0 radical (unpaired) electrons. The van der Waals surface area contributed by atoms with Crippen LogP contribution in [0.25, 0.3) is 0 Å². The zero-order chi connectivity index (χ0) is 26.1. The van der Waals surface area contributed by atoms with E-state index < -0.39 is 40.7 Å². The van der Waals surface area contributed by atoms with E-state index in [9.17, 15) is 33.0 Å². The van der Waals surface area contributed by atoms with Crippen LogP contribution < -0.4 is 5.32 Å². The van der Waals surface area contributed by atoms with Crippen LogP contribution in [-0.4, -0.2) is 63.8 Å². The lowest BCUT2D eigenvalue weighted by Gasteiger charge is -2.48. The van der Waals surface area contributed by atoms with E-state index in [4.69, 9.17) is 0 Å². The maximum absolute atomic E-state index is 14.6. The lowest BCUT2D eigenvalue weighted by atomic mass is 9.90. The third-order valence-electron chi connectivity index (χ3n) is 5.66. The second-order valence-corrected chi connectivity index (χ2v) is 11.2. The molecule has 2 aromatic rings. The first-order valence-electron chi connectivity index (χ1n) is 10.9. The molecule has 0 saturated carbocycles. The van der Waals surface area contributed by atoms with E-state index in [0.717, 1.165) is 17.0 Å². The number of rotatable bonds is 7. The number of hydrogen-bond acceptors (Lipinski definition) is 4. The zero-order valence-electron chi connectivity index (χ0n) is 19.5. The number of carbonyl (C=O) groups excluding carboxylic acids is 1. The van der Waals surface area contributed by atoms with Crippen molar-refractivity contribution in [2.45, 2.75) is 32.8 Å². The molecule has 0 atom stereocenters. The van der Waals surface area contributed by atoms with Crippen LogP contribution in [-0.2, 0) is 0 Å². The van der Waals surface area contributed by atoms with Gasteiger partial charge in [-0.25, -0.2) is 18.0 Å². The fraction of sp³-hybridized carbons (Fsp3) is 0.417. The van der Waals surface area contributed by atoms with Gasteiger partial charge in [-0.05, 0) is 64.8 Å². The van der Waals surface area contributed by atoms with Crippen LogP contribution in [0.15, 0.2) is 30.3 Å². The van der Waals surface area contributed by atoms with Crippen molar-refractivity contribution in [2.75, 3.05) is 31.5 Å². The number of β-amino-alcohol motifs (C(OH)–C–C–N with tert-alkyl or cyclic N) is 1. The summed E-state index contributed by atoms with van der Waals surface area (Å²) in [5, 5.41) is 22.8. The molecular formula is C24H27F3IN3O4. The summed E-state index contributed by atoms with van der Waals surface area (Å²) in [5.41, 5.74) is -2.49. The first kappa shape index (κ1) is 27.1. The van der Waals surface area contributed by atoms with E-state index in [0.29, 0.717) is 9.99 Å². The zero-order valence-corrected chi connectivity index (χ0v) is 21.7. The second kappa shape index (κ2) is 10.2. The highest BCUT2D eigenvalue weighted by Crippen LogP contribution is 2.32. The summed E-state index contributed by atoms with van der Waals surface area (Å²) in [6.45, 7) is 5.55. The quantitative estimate of drug-likeness (QED) is 0.384. The average Bonchev–Trinajstić information content (AvgIpc) is 2.73. The molecule has 0 aromatic heterocycles. The molecule has 1 heterocycles. The fourth-order valence-electron chi connectivity index (χ4n) is 3.72. The number of aliphatic hydroxyl groups is 1. The van der Waals surface area contributed by atoms with Gasteiger partial charge in [0.2, 0.25) is 0 Å². The predicted octanol–water partition coefficient (Wildman–Crippen LogP) is 5.06. The van der Waals surface area contributed by atoms with Crippen LogP contribution in [0.1, 0.15) is 37.6 Å². The van der Waals surface area contributed by atoms with E-state index in [1.807, 2.05) is 43.4 Å². The molecule has 0 unspecified atom stereocenters. The van der Waals surface area contributed by atoms with E-state index in [1.165, 1.54) is 17.0 Å². The molecule has 0 aliphatic carbocycles. The summed E-state index contributed by atoms with van der Waals surface area (Å²) >= 11 is 1.90. The minimum atomic E-state index is -1.47. The number of halogens is 4. The number of hydrogen-bond donors (Lipinski definition) is 3. The molecule has 1 fully saturated rings. The Morgan fingerprint density at radius 1 is 1.14 bits per heavy atom. The summed E-state index contributed by atoms with van der Waals surface area (Å²) in [5.74, 6) is -3.98. The number of amides is 2. The van der Waals surface area contributed by atoms with Gasteiger partial charge < -0.3 is 25.3 Å². The molecule has 0 bridgehead atoms. The molecule has 0 spiro atoms. The highest BCUT2D eigenvalue weighted by atomic mass is 127. The van der Waals surface area contributed by atoms with Gasteiger partial charge in [-0.1, -0.05) is 20.8 Å². The highest BCUT2D eigenvalue weighted by Gasteiger charge is 2.46. The van der Waals surface area contributed by atoms with Crippen LogP contribution in [0, 0.1) is 26.4 Å². The van der Waals surface area contributed by atoms with Gasteiger partial charge in [-0.2, -0.15) is 0 Å². The van der Waals surface area contributed by atoms with Gasteiger partial charge in [0.1, 0.15) is 11.4 Å². The van der Waals surface area contributed by atoms with Crippen molar-refractivity contribution in [1.29, 1.82) is 0 Å². The molecule has 2 aromatic carbocycles. The van der Waals surface area contributed by atoms with Gasteiger partial charge in [-0.3, -0.25) is 4.79 Å². The van der Waals surface area contributed by atoms with Crippen molar-refractivity contribution >= 4 is 46.0 Å². The van der Waals surface area contributed by atoms with Crippen molar-refractivity contribution < 1.29 is 33.0 Å². The summed E-state index contributed by atoms with van der Waals surface area (Å²) < 4.78 is 43.5. The van der Waals surface area contributed by atoms with Crippen molar-refractivity contribution in [2.24, 2.45) is 5.41 Å². The van der Waals surface area contributed by atoms with E-state index in [1.54, 1.807) is 6.07 Å². The van der Waals surface area contributed by atoms with Gasteiger partial charge in [0.15, 0.2) is 11.6 Å². The summed E-state index contributed by atoms with van der Waals surface area (Å²) in [6.07, 6.45) is -0.601. The number of benzene rings is 2. The monoisotopic (exact) mass is 605 g/mol. The summed E-state index contributed by atoms with van der Waals surface area (Å²) in [7, 11) is 0. The topological polar surface area (TPSA) is 93.1 Å².